The van der Waals surface area contributed by atoms with Gasteiger partial charge in [0.25, 0.3) is 0 Å². The van der Waals surface area contributed by atoms with Gasteiger partial charge in [0.1, 0.15) is 5.82 Å². The first-order chi connectivity index (χ1) is 13.7. The van der Waals surface area contributed by atoms with Gasteiger partial charge in [0.2, 0.25) is 0 Å². The number of nitrogens with zero attached hydrogens (tertiary/aromatic N) is 3. The number of hydrogen-bond acceptors (Lipinski definition) is 6. The molecule has 1 aromatic carbocycles. The molecule has 0 bridgehead atoms. The molecule has 1 aliphatic rings. The molecule has 6 heteroatoms. The molecule has 6 nitrogen and oxygen atoms in total. The maximum Gasteiger partial charge on any atom is 0.339 e. The van der Waals surface area contributed by atoms with E-state index in [9.17, 15) is 4.79 Å². The van der Waals surface area contributed by atoms with Gasteiger partial charge in [-0.25, -0.2) is 9.78 Å². The van der Waals surface area contributed by atoms with Crippen LogP contribution in [-0.2, 0) is 17.8 Å². The second-order valence-electron chi connectivity index (χ2n) is 6.99. The first-order valence-corrected chi connectivity index (χ1v) is 10.1. The predicted octanol–water partition coefficient (Wildman–Crippen LogP) is 3.01. The molecule has 1 saturated heterocycles. The van der Waals surface area contributed by atoms with Gasteiger partial charge in [-0.15, -0.1) is 0 Å². The van der Waals surface area contributed by atoms with Crippen molar-refractivity contribution in [3.05, 3.63) is 59.3 Å². The van der Waals surface area contributed by atoms with Crippen LogP contribution in [0.15, 0.2) is 42.6 Å². The fraction of sp³-hybridized carbons (Fsp3) is 0.455. The van der Waals surface area contributed by atoms with Gasteiger partial charge < -0.3 is 15.0 Å². The van der Waals surface area contributed by atoms with Gasteiger partial charge >= 0.3 is 5.97 Å². The number of ether oxygens (including phenoxy) is 1. The van der Waals surface area contributed by atoms with Crippen LogP contribution in [0.4, 0.5) is 5.82 Å². The number of hydrogen-bond donors (Lipinski definition) is 1. The summed E-state index contributed by atoms with van der Waals surface area (Å²) in [6.45, 7) is 11.7. The fourth-order valence-corrected chi connectivity index (χ4v) is 3.41. The number of esters is 1. The third kappa shape index (κ3) is 5.53. The molecular formula is C22H30N4O2. The summed E-state index contributed by atoms with van der Waals surface area (Å²) in [4.78, 5) is 21.1. The van der Waals surface area contributed by atoms with E-state index in [1.54, 1.807) is 19.2 Å². The Hall–Kier alpha value is -2.44. The molecule has 2 heterocycles. The highest BCUT2D eigenvalue weighted by Crippen LogP contribution is 2.15. The number of nitrogens with one attached hydrogen (secondary N) is 1. The molecule has 2 aromatic rings. The molecular weight excluding hydrogens is 352 g/mol. The Morgan fingerprint density at radius 2 is 1.75 bits per heavy atom. The van der Waals surface area contributed by atoms with Crippen LogP contribution in [0.25, 0.3) is 0 Å². The number of piperazine rings is 1. The Labute approximate surface area is 167 Å². The molecule has 1 fully saturated rings. The van der Waals surface area contributed by atoms with E-state index in [1.165, 1.54) is 11.1 Å². The van der Waals surface area contributed by atoms with Crippen LogP contribution >= 0.6 is 0 Å². The van der Waals surface area contributed by atoms with Gasteiger partial charge in [0, 0.05) is 45.5 Å². The van der Waals surface area contributed by atoms with E-state index in [0.717, 1.165) is 45.1 Å². The Morgan fingerprint density at radius 1 is 1.04 bits per heavy atom. The molecule has 0 atom stereocenters. The Morgan fingerprint density at radius 3 is 2.39 bits per heavy atom. The van der Waals surface area contributed by atoms with E-state index in [2.05, 4.69) is 51.3 Å². The topological polar surface area (TPSA) is 57.7 Å². The van der Waals surface area contributed by atoms with E-state index < -0.39 is 0 Å². The van der Waals surface area contributed by atoms with E-state index in [4.69, 9.17) is 4.74 Å². The summed E-state index contributed by atoms with van der Waals surface area (Å²) in [6.07, 6.45) is 1.56. The highest BCUT2D eigenvalue weighted by atomic mass is 16.5. The standard InChI is InChI=1S/C22H30N4O2/c1-3-25-11-13-26(14-12-25)17-20-8-6-5-7-18(20)15-23-21-10-9-19(16-24-21)22(27)28-4-2/h5-10,16H,3-4,11-15,17H2,1-2H3,(H,23,24). The molecule has 1 N–H and O–H groups in total. The largest absolute Gasteiger partial charge is 0.462 e. The average Bonchev–Trinajstić information content (AvgIpc) is 2.74. The van der Waals surface area contributed by atoms with Crippen molar-refractivity contribution in [2.24, 2.45) is 0 Å². The molecule has 28 heavy (non-hydrogen) atoms. The molecule has 0 amide bonds. The molecule has 150 valence electrons. The third-order valence-electron chi connectivity index (χ3n) is 5.16. The molecule has 1 aromatic heterocycles. The average molecular weight is 383 g/mol. The van der Waals surface area contributed by atoms with Crippen LogP contribution in [0.2, 0.25) is 0 Å². The SMILES string of the molecule is CCOC(=O)c1ccc(NCc2ccccc2CN2CCN(CC)CC2)nc1. The van der Waals surface area contributed by atoms with Crippen molar-refractivity contribution in [2.75, 3.05) is 44.6 Å². The van der Waals surface area contributed by atoms with Crippen LogP contribution in [0.5, 0.6) is 0 Å². The summed E-state index contributed by atoms with van der Waals surface area (Å²) in [5.41, 5.74) is 3.10. The van der Waals surface area contributed by atoms with Crippen molar-refractivity contribution in [3.63, 3.8) is 0 Å². The molecule has 0 aliphatic carbocycles. The van der Waals surface area contributed by atoms with Gasteiger partial charge in [-0.1, -0.05) is 31.2 Å². The molecule has 3 rings (SSSR count). The fourth-order valence-electron chi connectivity index (χ4n) is 3.41. The van der Waals surface area contributed by atoms with E-state index in [1.807, 2.05) is 6.07 Å². The summed E-state index contributed by atoms with van der Waals surface area (Å²) in [5.74, 6) is 0.412. The minimum absolute atomic E-state index is 0.338. The second-order valence-corrected chi connectivity index (χ2v) is 6.99. The zero-order chi connectivity index (χ0) is 19.8. The van der Waals surface area contributed by atoms with E-state index in [0.29, 0.717) is 18.7 Å². The summed E-state index contributed by atoms with van der Waals surface area (Å²) >= 11 is 0. The van der Waals surface area contributed by atoms with Crippen molar-refractivity contribution in [2.45, 2.75) is 26.9 Å². The smallest absolute Gasteiger partial charge is 0.339 e. The van der Waals surface area contributed by atoms with Crippen LogP contribution < -0.4 is 5.32 Å². The van der Waals surface area contributed by atoms with Crippen molar-refractivity contribution >= 4 is 11.8 Å². The lowest BCUT2D eigenvalue weighted by molar-refractivity contribution is 0.0526. The maximum absolute atomic E-state index is 11.7. The summed E-state index contributed by atoms with van der Waals surface area (Å²) in [5, 5.41) is 3.36. The monoisotopic (exact) mass is 382 g/mol. The number of likely N-dealkylation sites (N-methyl/N-ethyl adjacent to an activating group) is 1. The lowest BCUT2D eigenvalue weighted by atomic mass is 10.1. The number of benzene rings is 1. The first-order valence-electron chi connectivity index (χ1n) is 10.1. The van der Waals surface area contributed by atoms with Gasteiger partial charge in [-0.2, -0.15) is 0 Å². The van der Waals surface area contributed by atoms with E-state index in [-0.39, 0.29) is 5.97 Å². The van der Waals surface area contributed by atoms with Crippen molar-refractivity contribution in [3.8, 4) is 0 Å². The van der Waals surface area contributed by atoms with Crippen molar-refractivity contribution in [1.29, 1.82) is 0 Å². The number of carbonyl (C=O) groups excluding carboxylic acids is 1. The number of pyridine rings is 1. The number of anilines is 1. The van der Waals surface area contributed by atoms with Crippen LogP contribution in [0.1, 0.15) is 35.3 Å². The van der Waals surface area contributed by atoms with Crippen molar-refractivity contribution < 1.29 is 9.53 Å². The van der Waals surface area contributed by atoms with E-state index >= 15 is 0 Å². The number of rotatable bonds is 8. The highest BCUT2D eigenvalue weighted by molar-refractivity contribution is 5.89. The zero-order valence-corrected chi connectivity index (χ0v) is 16.9. The normalized spacial score (nSPS) is 15.4. The van der Waals surface area contributed by atoms with Crippen molar-refractivity contribution in [1.82, 2.24) is 14.8 Å². The quantitative estimate of drug-likeness (QED) is 0.709. The molecule has 0 unspecified atom stereocenters. The maximum atomic E-state index is 11.7. The van der Waals surface area contributed by atoms with Gasteiger partial charge in [-0.3, -0.25) is 4.90 Å². The van der Waals surface area contributed by atoms with Gasteiger partial charge in [-0.05, 0) is 36.7 Å². The summed E-state index contributed by atoms with van der Waals surface area (Å²) < 4.78 is 4.99. The Bertz CT molecular complexity index is 755. The Balaban J connectivity index is 1.57. The summed E-state index contributed by atoms with van der Waals surface area (Å²) in [6, 6.07) is 12.1. The minimum atomic E-state index is -0.338. The zero-order valence-electron chi connectivity index (χ0n) is 16.9. The lowest BCUT2D eigenvalue weighted by Crippen LogP contribution is -2.45. The van der Waals surface area contributed by atoms with Crippen LogP contribution in [0.3, 0.4) is 0 Å². The predicted molar refractivity (Wildman–Crippen MR) is 111 cm³/mol. The molecule has 0 radical (unpaired) electrons. The summed E-state index contributed by atoms with van der Waals surface area (Å²) in [7, 11) is 0. The van der Waals surface area contributed by atoms with Gasteiger partial charge in [0.15, 0.2) is 0 Å². The highest BCUT2D eigenvalue weighted by Gasteiger charge is 2.16. The second kappa shape index (κ2) is 10.2. The molecule has 0 saturated carbocycles. The molecule has 0 spiro atoms. The number of carbonyl (C=O) groups is 1. The first kappa shape index (κ1) is 20.3. The Kier molecular flexibility index (Phi) is 7.39. The third-order valence-corrected chi connectivity index (χ3v) is 5.16. The van der Waals surface area contributed by atoms with Crippen LogP contribution in [-0.4, -0.2) is 60.1 Å². The van der Waals surface area contributed by atoms with Gasteiger partial charge in [0.05, 0.1) is 12.2 Å². The minimum Gasteiger partial charge on any atom is -0.462 e. The number of aromatic nitrogens is 1. The lowest BCUT2D eigenvalue weighted by Gasteiger charge is -2.34. The molecule has 1 aliphatic heterocycles. The van der Waals surface area contributed by atoms with Crippen LogP contribution in [0, 0.1) is 0 Å².